The second kappa shape index (κ2) is 7.09. The van der Waals surface area contributed by atoms with Crippen LogP contribution in [0.3, 0.4) is 0 Å². The van der Waals surface area contributed by atoms with Gasteiger partial charge in [-0.2, -0.15) is 0 Å². The fraction of sp³-hybridized carbons (Fsp3) is 0.294. The summed E-state index contributed by atoms with van der Waals surface area (Å²) in [5.74, 6) is 0.551. The number of anilines is 1. The van der Waals surface area contributed by atoms with E-state index in [9.17, 15) is 4.39 Å². The third kappa shape index (κ3) is 3.52. The summed E-state index contributed by atoms with van der Waals surface area (Å²) in [7, 11) is 1.85. The molecular formula is C17H21FN2O. The van der Waals surface area contributed by atoms with Crippen molar-refractivity contribution >= 4 is 5.69 Å². The Labute approximate surface area is 125 Å². The first kappa shape index (κ1) is 15.3. The summed E-state index contributed by atoms with van der Waals surface area (Å²) in [6.45, 7) is 2.94. The highest BCUT2D eigenvalue weighted by atomic mass is 19.1. The summed E-state index contributed by atoms with van der Waals surface area (Å²) in [4.78, 5) is 1.86. The van der Waals surface area contributed by atoms with E-state index in [0.29, 0.717) is 18.8 Å². The zero-order valence-corrected chi connectivity index (χ0v) is 12.4. The van der Waals surface area contributed by atoms with Crippen LogP contribution in [0, 0.1) is 5.82 Å². The van der Waals surface area contributed by atoms with Crippen LogP contribution in [0.1, 0.15) is 18.5 Å². The van der Waals surface area contributed by atoms with Gasteiger partial charge < -0.3 is 15.4 Å². The number of likely N-dealkylation sites (N-methyl/N-ethyl adjacent to an activating group) is 1. The number of hydrogen-bond donors (Lipinski definition) is 1. The molecule has 0 bridgehead atoms. The molecule has 21 heavy (non-hydrogen) atoms. The molecule has 2 rings (SSSR count). The van der Waals surface area contributed by atoms with Gasteiger partial charge in [-0.1, -0.05) is 24.3 Å². The Morgan fingerprint density at radius 2 is 1.95 bits per heavy atom. The van der Waals surface area contributed by atoms with E-state index in [1.165, 1.54) is 6.07 Å². The fourth-order valence-electron chi connectivity index (χ4n) is 2.40. The standard InChI is InChI=1S/C17H21FN2O/c1-3-21-14-8-6-7-13(11-14)17(12-19)20(2)16-10-5-4-9-15(16)18/h4-11,17H,3,12,19H2,1-2H3. The van der Waals surface area contributed by atoms with Crippen LogP contribution < -0.4 is 15.4 Å². The van der Waals surface area contributed by atoms with E-state index in [4.69, 9.17) is 10.5 Å². The molecule has 0 spiro atoms. The lowest BCUT2D eigenvalue weighted by Crippen LogP contribution is -2.31. The maximum absolute atomic E-state index is 13.9. The van der Waals surface area contributed by atoms with E-state index in [2.05, 4.69) is 0 Å². The molecule has 2 aromatic carbocycles. The van der Waals surface area contributed by atoms with E-state index < -0.39 is 0 Å². The van der Waals surface area contributed by atoms with Gasteiger partial charge in [0.15, 0.2) is 0 Å². The number of nitrogens with zero attached hydrogens (tertiary/aromatic N) is 1. The molecule has 0 aliphatic carbocycles. The molecule has 0 amide bonds. The minimum absolute atomic E-state index is 0.109. The molecule has 112 valence electrons. The van der Waals surface area contributed by atoms with Crippen LogP contribution >= 0.6 is 0 Å². The minimum Gasteiger partial charge on any atom is -0.494 e. The molecule has 0 radical (unpaired) electrons. The Balaban J connectivity index is 2.31. The van der Waals surface area contributed by atoms with Crippen LogP contribution in [0.5, 0.6) is 5.75 Å². The summed E-state index contributed by atoms with van der Waals surface area (Å²) in [6.07, 6.45) is 0. The lowest BCUT2D eigenvalue weighted by atomic mass is 10.0. The molecule has 0 fully saturated rings. The summed E-state index contributed by atoms with van der Waals surface area (Å²) >= 11 is 0. The van der Waals surface area contributed by atoms with Crippen LogP contribution in [0.4, 0.5) is 10.1 Å². The maximum atomic E-state index is 13.9. The van der Waals surface area contributed by atoms with Gasteiger partial charge in [-0.05, 0) is 36.8 Å². The molecule has 3 nitrogen and oxygen atoms in total. The number of hydrogen-bond acceptors (Lipinski definition) is 3. The largest absolute Gasteiger partial charge is 0.494 e. The number of ether oxygens (including phenoxy) is 1. The highest BCUT2D eigenvalue weighted by Crippen LogP contribution is 2.28. The third-order valence-corrected chi connectivity index (χ3v) is 3.48. The number of benzene rings is 2. The van der Waals surface area contributed by atoms with Gasteiger partial charge in [0.25, 0.3) is 0 Å². The molecule has 0 saturated heterocycles. The molecule has 1 unspecified atom stereocenters. The second-order valence-corrected chi connectivity index (χ2v) is 4.82. The Hall–Kier alpha value is -2.07. The van der Waals surface area contributed by atoms with Crippen molar-refractivity contribution in [3.63, 3.8) is 0 Å². The van der Waals surface area contributed by atoms with Gasteiger partial charge in [0, 0.05) is 13.6 Å². The highest BCUT2D eigenvalue weighted by molar-refractivity contribution is 5.50. The Kier molecular flexibility index (Phi) is 5.17. The highest BCUT2D eigenvalue weighted by Gasteiger charge is 2.18. The van der Waals surface area contributed by atoms with E-state index in [0.717, 1.165) is 11.3 Å². The van der Waals surface area contributed by atoms with Gasteiger partial charge in [0.2, 0.25) is 0 Å². The third-order valence-electron chi connectivity index (χ3n) is 3.48. The van der Waals surface area contributed by atoms with Gasteiger partial charge in [0.05, 0.1) is 18.3 Å². The van der Waals surface area contributed by atoms with Crippen LogP contribution in [0.2, 0.25) is 0 Å². The normalized spacial score (nSPS) is 12.0. The summed E-state index contributed by atoms with van der Waals surface area (Å²) in [5, 5.41) is 0. The average molecular weight is 288 g/mol. The van der Waals surface area contributed by atoms with E-state index >= 15 is 0 Å². The molecule has 0 aromatic heterocycles. The topological polar surface area (TPSA) is 38.5 Å². The van der Waals surface area contributed by atoms with Crippen LogP contribution in [-0.4, -0.2) is 20.2 Å². The van der Waals surface area contributed by atoms with Crippen LogP contribution in [-0.2, 0) is 0 Å². The van der Waals surface area contributed by atoms with E-state index in [1.807, 2.05) is 49.2 Å². The van der Waals surface area contributed by atoms with Crippen molar-refractivity contribution in [1.29, 1.82) is 0 Å². The van der Waals surface area contributed by atoms with Crippen molar-refractivity contribution in [3.05, 3.63) is 59.9 Å². The Morgan fingerprint density at radius 3 is 2.62 bits per heavy atom. The minimum atomic E-state index is -0.251. The quantitative estimate of drug-likeness (QED) is 0.886. The SMILES string of the molecule is CCOc1cccc(C(CN)N(C)c2ccccc2F)c1. The van der Waals surface area contributed by atoms with Gasteiger partial charge in [-0.25, -0.2) is 4.39 Å². The molecular weight excluding hydrogens is 267 g/mol. The van der Waals surface area contributed by atoms with Gasteiger partial charge in [-0.3, -0.25) is 0 Å². The smallest absolute Gasteiger partial charge is 0.146 e. The van der Waals surface area contributed by atoms with Crippen molar-refractivity contribution in [2.75, 3.05) is 25.1 Å². The lowest BCUT2D eigenvalue weighted by Gasteiger charge is -2.30. The number of halogens is 1. The van der Waals surface area contributed by atoms with Crippen molar-refractivity contribution in [1.82, 2.24) is 0 Å². The zero-order chi connectivity index (χ0) is 15.2. The van der Waals surface area contributed by atoms with Crippen molar-refractivity contribution in [3.8, 4) is 5.75 Å². The second-order valence-electron chi connectivity index (χ2n) is 4.82. The van der Waals surface area contributed by atoms with Crippen molar-refractivity contribution < 1.29 is 9.13 Å². The zero-order valence-electron chi connectivity index (χ0n) is 12.4. The number of rotatable bonds is 6. The predicted octanol–water partition coefficient (Wildman–Crippen LogP) is 3.36. The monoisotopic (exact) mass is 288 g/mol. The summed E-state index contributed by atoms with van der Waals surface area (Å²) in [5.41, 5.74) is 7.46. The first-order chi connectivity index (χ1) is 10.2. The van der Waals surface area contributed by atoms with Gasteiger partial charge in [-0.15, -0.1) is 0 Å². The predicted molar refractivity (Wildman–Crippen MR) is 84.2 cm³/mol. The summed E-state index contributed by atoms with van der Waals surface area (Å²) in [6, 6.07) is 14.4. The maximum Gasteiger partial charge on any atom is 0.146 e. The molecule has 0 heterocycles. The molecule has 0 aliphatic rings. The van der Waals surface area contributed by atoms with E-state index in [1.54, 1.807) is 12.1 Å². The Bertz CT molecular complexity index is 589. The molecule has 0 saturated carbocycles. The molecule has 1 atom stereocenters. The lowest BCUT2D eigenvalue weighted by molar-refractivity contribution is 0.339. The first-order valence-corrected chi connectivity index (χ1v) is 7.07. The van der Waals surface area contributed by atoms with Crippen LogP contribution in [0.15, 0.2) is 48.5 Å². The molecule has 4 heteroatoms. The molecule has 2 N–H and O–H groups in total. The molecule has 2 aromatic rings. The van der Waals surface area contributed by atoms with Gasteiger partial charge in [0.1, 0.15) is 11.6 Å². The number of para-hydroxylation sites is 1. The van der Waals surface area contributed by atoms with Crippen molar-refractivity contribution in [2.24, 2.45) is 5.73 Å². The van der Waals surface area contributed by atoms with E-state index in [-0.39, 0.29) is 11.9 Å². The van der Waals surface area contributed by atoms with Crippen molar-refractivity contribution in [2.45, 2.75) is 13.0 Å². The van der Waals surface area contributed by atoms with Gasteiger partial charge >= 0.3 is 0 Å². The summed E-state index contributed by atoms with van der Waals surface area (Å²) < 4.78 is 19.5. The number of nitrogens with two attached hydrogens (primary N) is 1. The molecule has 0 aliphatic heterocycles. The Morgan fingerprint density at radius 1 is 1.19 bits per heavy atom. The van der Waals surface area contributed by atoms with Crippen LogP contribution in [0.25, 0.3) is 0 Å². The fourth-order valence-corrected chi connectivity index (χ4v) is 2.40. The first-order valence-electron chi connectivity index (χ1n) is 7.07. The average Bonchev–Trinajstić information content (AvgIpc) is 2.49.